The molecule has 0 amide bonds. The summed E-state index contributed by atoms with van der Waals surface area (Å²) in [5.41, 5.74) is 11.9. The smallest absolute Gasteiger partial charge is 0.327 e. The summed E-state index contributed by atoms with van der Waals surface area (Å²) in [6.07, 6.45) is 1.81. The summed E-state index contributed by atoms with van der Waals surface area (Å²) in [6.45, 7) is 0. The first-order valence-electron chi connectivity index (χ1n) is 16.7. The van der Waals surface area contributed by atoms with Crippen LogP contribution in [0.15, 0.2) is 173 Å². The summed E-state index contributed by atoms with van der Waals surface area (Å²) in [4.78, 5) is 18.3. The minimum Gasteiger partial charge on any atom is -0.425 e. The van der Waals surface area contributed by atoms with E-state index in [0.717, 1.165) is 55.3 Å². The minimum absolute atomic E-state index is 0.198. The summed E-state index contributed by atoms with van der Waals surface area (Å²) < 4.78 is 14.1. The molecule has 2 aliphatic heterocycles. The van der Waals surface area contributed by atoms with Crippen molar-refractivity contribution in [2.24, 2.45) is 10.9 Å². The molecule has 8 aromatic rings. The standard InChI is InChI=1S/C45H28N2O3/c48-44-42-38(27-46-43(42)37-26-41(49-45(37)50-44)29-13-6-2-7-14-29)33-20-22-40-36(25-33)35-24-32(19-21-39(35)47(40)34-17-8-3-9-18-34)31-16-10-15-30(23-31)28-11-4-1-5-12-28/h1-27,42H. The molecule has 0 saturated carbocycles. The van der Waals surface area contributed by atoms with E-state index in [2.05, 4.69) is 114 Å². The van der Waals surface area contributed by atoms with Gasteiger partial charge in [-0.3, -0.25) is 9.79 Å². The zero-order valence-corrected chi connectivity index (χ0v) is 26.8. The molecule has 0 saturated heterocycles. The van der Waals surface area contributed by atoms with E-state index in [1.807, 2.05) is 54.7 Å². The average molecular weight is 645 g/mol. The lowest BCUT2D eigenvalue weighted by atomic mass is 9.87. The Bertz CT molecular complexity index is 2680. The van der Waals surface area contributed by atoms with Crippen molar-refractivity contribution in [1.82, 2.24) is 4.57 Å². The molecule has 10 rings (SSSR count). The normalized spacial score (nSPS) is 15.0. The molecular weight excluding hydrogens is 617 g/mol. The van der Waals surface area contributed by atoms with Crippen molar-refractivity contribution in [3.63, 3.8) is 0 Å². The highest BCUT2D eigenvalue weighted by Crippen LogP contribution is 2.44. The monoisotopic (exact) mass is 644 g/mol. The molecule has 236 valence electrons. The van der Waals surface area contributed by atoms with Gasteiger partial charge < -0.3 is 13.7 Å². The largest absolute Gasteiger partial charge is 0.425 e. The molecule has 0 radical (unpaired) electrons. The van der Waals surface area contributed by atoms with Gasteiger partial charge in [-0.1, -0.05) is 109 Å². The van der Waals surface area contributed by atoms with E-state index in [1.165, 1.54) is 11.1 Å². The number of hydrogen-bond donors (Lipinski definition) is 0. The second-order valence-corrected chi connectivity index (χ2v) is 12.7. The van der Waals surface area contributed by atoms with E-state index >= 15 is 0 Å². The molecular formula is C45H28N2O3. The van der Waals surface area contributed by atoms with Crippen LogP contribution in [-0.4, -0.2) is 16.2 Å². The minimum atomic E-state index is -0.639. The van der Waals surface area contributed by atoms with Crippen molar-refractivity contribution in [2.45, 2.75) is 0 Å². The quantitative estimate of drug-likeness (QED) is 0.175. The molecule has 1 atom stereocenters. The number of carbonyl (C=O) groups excluding carboxylic acids is 1. The number of para-hydroxylation sites is 1. The van der Waals surface area contributed by atoms with E-state index in [9.17, 15) is 4.79 Å². The molecule has 0 N–H and O–H groups in total. The van der Waals surface area contributed by atoms with Crippen LogP contribution >= 0.6 is 0 Å². The number of nitrogens with zero attached hydrogens (tertiary/aromatic N) is 2. The lowest BCUT2D eigenvalue weighted by Gasteiger charge is -2.20. The van der Waals surface area contributed by atoms with E-state index in [1.54, 1.807) is 0 Å². The van der Waals surface area contributed by atoms with Gasteiger partial charge in [-0.25, -0.2) is 0 Å². The number of ether oxygens (including phenoxy) is 1. The molecule has 0 aliphatic carbocycles. The molecule has 6 aromatic carbocycles. The number of fused-ring (bicyclic) bond motifs is 6. The van der Waals surface area contributed by atoms with Gasteiger partial charge in [0.2, 0.25) is 0 Å². The number of benzene rings is 6. The van der Waals surface area contributed by atoms with Crippen LogP contribution in [-0.2, 0) is 4.79 Å². The van der Waals surface area contributed by atoms with Gasteiger partial charge in [0.15, 0.2) is 0 Å². The number of furan rings is 1. The number of aromatic nitrogens is 1. The van der Waals surface area contributed by atoms with Crippen LogP contribution in [0, 0.1) is 5.92 Å². The van der Waals surface area contributed by atoms with Crippen molar-refractivity contribution in [3.8, 4) is 45.2 Å². The second-order valence-electron chi connectivity index (χ2n) is 12.7. The van der Waals surface area contributed by atoms with Gasteiger partial charge in [0.05, 0.1) is 22.3 Å². The summed E-state index contributed by atoms with van der Waals surface area (Å²) >= 11 is 0. The summed E-state index contributed by atoms with van der Waals surface area (Å²) in [5.74, 6) is -0.189. The maximum absolute atomic E-state index is 13.6. The first kappa shape index (κ1) is 28.3. The first-order valence-corrected chi connectivity index (χ1v) is 16.7. The predicted octanol–water partition coefficient (Wildman–Crippen LogP) is 10.8. The number of aliphatic imine (C=N–C) groups is 1. The molecule has 0 bridgehead atoms. The van der Waals surface area contributed by atoms with Gasteiger partial charge in [0.25, 0.3) is 0 Å². The maximum Gasteiger partial charge on any atom is 0.327 e. The van der Waals surface area contributed by atoms with Crippen molar-refractivity contribution < 1.29 is 13.9 Å². The third kappa shape index (κ3) is 4.48. The summed E-state index contributed by atoms with van der Waals surface area (Å²) in [7, 11) is 0. The lowest BCUT2D eigenvalue weighted by Crippen LogP contribution is -2.32. The summed E-state index contributed by atoms with van der Waals surface area (Å²) in [5, 5.41) is 2.22. The van der Waals surface area contributed by atoms with Crippen LogP contribution < -0.4 is 4.74 Å². The fraction of sp³-hybridized carbons (Fsp3) is 0.0222. The van der Waals surface area contributed by atoms with Crippen LogP contribution in [0.5, 0.6) is 5.95 Å². The van der Waals surface area contributed by atoms with E-state index in [-0.39, 0.29) is 11.9 Å². The topological polar surface area (TPSA) is 56.7 Å². The Morgan fingerprint density at radius 2 is 1.12 bits per heavy atom. The van der Waals surface area contributed by atoms with Crippen molar-refractivity contribution >= 4 is 39.1 Å². The third-order valence-corrected chi connectivity index (χ3v) is 9.80. The van der Waals surface area contributed by atoms with Gasteiger partial charge in [-0.15, -0.1) is 0 Å². The molecule has 50 heavy (non-hydrogen) atoms. The van der Waals surface area contributed by atoms with Crippen LogP contribution in [0.25, 0.3) is 66.6 Å². The van der Waals surface area contributed by atoms with Gasteiger partial charge in [-0.2, -0.15) is 0 Å². The Hall–Kier alpha value is -6.72. The lowest BCUT2D eigenvalue weighted by molar-refractivity contribution is -0.136. The molecule has 4 heterocycles. The van der Waals surface area contributed by atoms with Crippen molar-refractivity contribution in [2.75, 3.05) is 0 Å². The SMILES string of the molecule is O=C1Oc2oc(-c3ccccc3)cc2C2=NC=C(c3ccc4c(c3)c3cc(-c5cccc(-c6ccccc6)c5)ccc3n4-c3ccccc3)C12. The average Bonchev–Trinajstić information content (AvgIpc) is 3.90. The molecule has 2 aromatic heterocycles. The first-order chi connectivity index (χ1) is 24.7. The van der Waals surface area contributed by atoms with Crippen molar-refractivity contribution in [3.05, 3.63) is 175 Å². The Morgan fingerprint density at radius 1 is 0.540 bits per heavy atom. The van der Waals surface area contributed by atoms with Crippen LogP contribution in [0.4, 0.5) is 0 Å². The van der Waals surface area contributed by atoms with E-state index in [0.29, 0.717) is 17.0 Å². The highest BCUT2D eigenvalue weighted by atomic mass is 16.6. The van der Waals surface area contributed by atoms with Gasteiger partial charge in [0, 0.05) is 28.2 Å². The Kier molecular flexibility index (Phi) is 6.33. The van der Waals surface area contributed by atoms with Crippen molar-refractivity contribution in [1.29, 1.82) is 0 Å². The number of hydrogen-bond acceptors (Lipinski definition) is 4. The van der Waals surface area contributed by atoms with Crippen LogP contribution in [0.3, 0.4) is 0 Å². The molecule has 0 spiro atoms. The molecule has 0 fully saturated rings. The zero-order valence-electron chi connectivity index (χ0n) is 26.8. The molecule has 5 nitrogen and oxygen atoms in total. The van der Waals surface area contributed by atoms with Gasteiger partial charge >= 0.3 is 11.9 Å². The van der Waals surface area contributed by atoms with E-state index < -0.39 is 5.92 Å². The van der Waals surface area contributed by atoms with Crippen LogP contribution in [0.2, 0.25) is 0 Å². The maximum atomic E-state index is 13.6. The number of rotatable bonds is 5. The highest BCUT2D eigenvalue weighted by Gasteiger charge is 2.42. The number of carbonyl (C=O) groups is 1. The number of esters is 1. The van der Waals surface area contributed by atoms with Crippen LogP contribution in [0.1, 0.15) is 11.1 Å². The molecule has 1 unspecified atom stereocenters. The fourth-order valence-corrected chi connectivity index (χ4v) is 7.41. The Balaban J connectivity index is 1.09. The second kappa shape index (κ2) is 11.2. The van der Waals surface area contributed by atoms with Gasteiger partial charge in [0.1, 0.15) is 11.7 Å². The molecule has 2 aliphatic rings. The third-order valence-electron chi connectivity index (χ3n) is 9.80. The van der Waals surface area contributed by atoms with E-state index in [4.69, 9.17) is 14.1 Å². The fourth-order valence-electron chi connectivity index (χ4n) is 7.41. The Labute approximate surface area is 288 Å². The highest BCUT2D eigenvalue weighted by molar-refractivity contribution is 6.25. The molecule has 5 heteroatoms. The summed E-state index contributed by atoms with van der Waals surface area (Å²) in [6, 6.07) is 54.4. The zero-order chi connectivity index (χ0) is 33.2. The van der Waals surface area contributed by atoms with Gasteiger partial charge in [-0.05, 0) is 81.9 Å². The Morgan fingerprint density at radius 3 is 1.84 bits per heavy atom. The predicted molar refractivity (Wildman–Crippen MR) is 199 cm³/mol.